The maximum atomic E-state index is 14.1. The third kappa shape index (κ3) is 4.18. The van der Waals surface area contributed by atoms with Gasteiger partial charge in [0.2, 0.25) is 0 Å². The van der Waals surface area contributed by atoms with E-state index in [2.05, 4.69) is 20.4 Å². The minimum atomic E-state index is -4.98. The number of aromatic nitrogens is 4. The highest BCUT2D eigenvalue weighted by Crippen LogP contribution is 2.44. The fourth-order valence-electron chi connectivity index (χ4n) is 3.38. The molecule has 0 aromatic carbocycles. The number of nitrogens with zero attached hydrogens (tertiary/aromatic N) is 3. The standard InChI is InChI=1S/C19H13F6N5O2S/c1-30-14(16(31)28-8-2-4-26-11(6-8)18(20,21)22)12(19(23,24)25)13(29-30)10-7-33-15-9(10)3-5-27-17(15)32/h2-7,16,31H,1H3,(H,26,28)(H,27,32). The molecule has 0 amide bonds. The lowest BCUT2D eigenvalue weighted by molar-refractivity contribution is -0.141. The van der Waals surface area contributed by atoms with Gasteiger partial charge in [0.05, 0.1) is 5.69 Å². The van der Waals surface area contributed by atoms with E-state index in [0.29, 0.717) is 6.07 Å². The second-order valence-electron chi connectivity index (χ2n) is 6.90. The second kappa shape index (κ2) is 7.88. The lowest BCUT2D eigenvalue weighted by Crippen LogP contribution is -2.19. The number of aliphatic hydroxyl groups excluding tert-OH is 1. The molecule has 1 atom stereocenters. The van der Waals surface area contributed by atoms with Crippen molar-refractivity contribution < 1.29 is 31.4 Å². The van der Waals surface area contributed by atoms with E-state index in [0.717, 1.165) is 35.3 Å². The zero-order valence-corrected chi connectivity index (χ0v) is 17.2. The summed E-state index contributed by atoms with van der Waals surface area (Å²) in [5.41, 5.74) is -4.55. The maximum Gasteiger partial charge on any atom is 0.433 e. The molecule has 0 fully saturated rings. The fourth-order valence-corrected chi connectivity index (χ4v) is 4.32. The Morgan fingerprint density at radius 1 is 1.18 bits per heavy atom. The first-order chi connectivity index (χ1) is 15.4. The Morgan fingerprint density at radius 2 is 1.91 bits per heavy atom. The van der Waals surface area contributed by atoms with Crippen molar-refractivity contribution >= 4 is 27.1 Å². The van der Waals surface area contributed by atoms with Crippen LogP contribution in [0.2, 0.25) is 0 Å². The summed E-state index contributed by atoms with van der Waals surface area (Å²) in [5, 5.41) is 18.3. The van der Waals surface area contributed by atoms with E-state index in [1.54, 1.807) is 0 Å². The summed E-state index contributed by atoms with van der Waals surface area (Å²) in [6.45, 7) is 0. The van der Waals surface area contributed by atoms with Gasteiger partial charge in [-0.25, -0.2) is 0 Å². The van der Waals surface area contributed by atoms with Crippen LogP contribution in [0.4, 0.5) is 32.0 Å². The van der Waals surface area contributed by atoms with Gasteiger partial charge in [-0.15, -0.1) is 11.3 Å². The predicted molar refractivity (Wildman–Crippen MR) is 107 cm³/mol. The van der Waals surface area contributed by atoms with Gasteiger partial charge in [-0.3, -0.25) is 14.5 Å². The Labute approximate surface area is 184 Å². The highest BCUT2D eigenvalue weighted by atomic mass is 32.1. The number of rotatable bonds is 4. The highest BCUT2D eigenvalue weighted by Gasteiger charge is 2.42. The van der Waals surface area contributed by atoms with Crippen molar-refractivity contribution in [2.75, 3.05) is 5.32 Å². The van der Waals surface area contributed by atoms with E-state index in [-0.39, 0.29) is 21.3 Å². The van der Waals surface area contributed by atoms with Crippen molar-refractivity contribution in [2.24, 2.45) is 7.05 Å². The minimum Gasteiger partial charge on any atom is -0.368 e. The molecule has 0 saturated carbocycles. The van der Waals surface area contributed by atoms with Crippen LogP contribution >= 0.6 is 11.3 Å². The zero-order valence-electron chi connectivity index (χ0n) is 16.4. The van der Waals surface area contributed by atoms with Gasteiger partial charge in [0.15, 0.2) is 6.23 Å². The molecule has 0 radical (unpaired) electrons. The van der Waals surface area contributed by atoms with E-state index < -0.39 is 46.8 Å². The van der Waals surface area contributed by atoms with Crippen molar-refractivity contribution in [1.82, 2.24) is 19.7 Å². The number of pyridine rings is 2. The molecule has 0 bridgehead atoms. The summed E-state index contributed by atoms with van der Waals surface area (Å²) in [4.78, 5) is 17.6. The number of hydrogen-bond donors (Lipinski definition) is 3. The molecule has 33 heavy (non-hydrogen) atoms. The first-order valence-corrected chi connectivity index (χ1v) is 9.97. The number of aromatic amines is 1. The molecule has 0 aliphatic rings. The van der Waals surface area contributed by atoms with E-state index in [1.165, 1.54) is 17.6 Å². The van der Waals surface area contributed by atoms with E-state index in [4.69, 9.17) is 0 Å². The molecule has 0 aliphatic heterocycles. The maximum absolute atomic E-state index is 14.1. The molecule has 4 heterocycles. The molecule has 4 aromatic rings. The van der Waals surface area contributed by atoms with Gasteiger partial charge in [0.25, 0.3) is 5.56 Å². The summed E-state index contributed by atoms with van der Waals surface area (Å²) < 4.78 is 82.0. The number of H-pyrrole nitrogens is 1. The molecule has 1 unspecified atom stereocenters. The smallest absolute Gasteiger partial charge is 0.368 e. The molecule has 0 saturated heterocycles. The van der Waals surface area contributed by atoms with Crippen LogP contribution in [-0.4, -0.2) is 24.9 Å². The third-order valence-corrected chi connectivity index (χ3v) is 5.74. The molecular formula is C19H13F6N5O2S. The van der Waals surface area contributed by atoms with Crippen LogP contribution in [0.3, 0.4) is 0 Å². The van der Waals surface area contributed by atoms with Crippen LogP contribution in [0.15, 0.2) is 40.8 Å². The summed E-state index contributed by atoms with van der Waals surface area (Å²) in [6, 6.07) is 3.06. The number of thiophene rings is 1. The molecule has 0 aliphatic carbocycles. The Bertz CT molecular complexity index is 1390. The van der Waals surface area contributed by atoms with Crippen LogP contribution in [0.1, 0.15) is 23.2 Å². The molecule has 14 heteroatoms. The summed E-state index contributed by atoms with van der Waals surface area (Å²) in [6.07, 6.45) is -9.73. The number of aryl methyl sites for hydroxylation is 1. The number of aliphatic hydroxyl groups is 1. The van der Waals surface area contributed by atoms with Crippen LogP contribution < -0.4 is 10.9 Å². The average Bonchev–Trinajstić information content (AvgIpc) is 3.29. The second-order valence-corrected chi connectivity index (χ2v) is 7.78. The normalized spacial score (nSPS) is 13.5. The SMILES string of the molecule is Cn1nc(-c2csc3c(=O)[nH]ccc23)c(C(F)(F)F)c1C(O)Nc1ccnc(C(F)(F)F)c1. The van der Waals surface area contributed by atoms with Crippen molar-refractivity contribution in [3.63, 3.8) is 0 Å². The van der Waals surface area contributed by atoms with Gasteiger partial charge >= 0.3 is 12.4 Å². The van der Waals surface area contributed by atoms with E-state index >= 15 is 0 Å². The van der Waals surface area contributed by atoms with Crippen molar-refractivity contribution in [1.29, 1.82) is 0 Å². The largest absolute Gasteiger partial charge is 0.433 e. The quantitative estimate of drug-likeness (QED) is 0.289. The van der Waals surface area contributed by atoms with Gasteiger partial charge in [-0.2, -0.15) is 31.4 Å². The van der Waals surface area contributed by atoms with Crippen molar-refractivity contribution in [3.8, 4) is 11.3 Å². The molecule has 7 nitrogen and oxygen atoms in total. The summed E-state index contributed by atoms with van der Waals surface area (Å²) >= 11 is 0.933. The first kappa shape index (κ1) is 22.8. The molecule has 3 N–H and O–H groups in total. The average molecular weight is 489 g/mol. The van der Waals surface area contributed by atoms with E-state index in [1.807, 2.05) is 0 Å². The lowest BCUT2D eigenvalue weighted by Gasteiger charge is -2.18. The van der Waals surface area contributed by atoms with E-state index in [9.17, 15) is 36.2 Å². The monoisotopic (exact) mass is 489 g/mol. The Balaban J connectivity index is 1.82. The highest BCUT2D eigenvalue weighted by molar-refractivity contribution is 7.17. The van der Waals surface area contributed by atoms with Crippen LogP contribution in [0.5, 0.6) is 0 Å². The third-order valence-electron chi connectivity index (χ3n) is 4.74. The van der Waals surface area contributed by atoms with Crippen molar-refractivity contribution in [3.05, 3.63) is 63.3 Å². The van der Waals surface area contributed by atoms with Gasteiger partial charge in [-0.05, 0) is 18.2 Å². The number of alkyl halides is 6. The number of nitrogens with one attached hydrogen (secondary N) is 2. The molecule has 174 valence electrons. The predicted octanol–water partition coefficient (Wildman–Crippen LogP) is 4.53. The summed E-state index contributed by atoms with van der Waals surface area (Å²) in [5.74, 6) is 0. The van der Waals surface area contributed by atoms with Crippen molar-refractivity contribution in [2.45, 2.75) is 18.6 Å². The van der Waals surface area contributed by atoms with Gasteiger partial charge < -0.3 is 15.4 Å². The molecule has 4 rings (SSSR count). The van der Waals surface area contributed by atoms with Crippen LogP contribution in [-0.2, 0) is 19.4 Å². The number of fused-ring (bicyclic) bond motifs is 1. The van der Waals surface area contributed by atoms with Gasteiger partial charge in [0.1, 0.15) is 21.7 Å². The van der Waals surface area contributed by atoms with Crippen LogP contribution in [0, 0.1) is 0 Å². The summed E-state index contributed by atoms with van der Waals surface area (Å²) in [7, 11) is 1.16. The zero-order chi connectivity index (χ0) is 24.1. The minimum absolute atomic E-state index is 0.0331. The fraction of sp³-hybridized carbons (Fsp3) is 0.211. The Hall–Kier alpha value is -3.39. The van der Waals surface area contributed by atoms with Gasteiger partial charge in [0, 0.05) is 41.5 Å². The molecule has 4 aromatic heterocycles. The lowest BCUT2D eigenvalue weighted by atomic mass is 10.0. The number of hydrogen-bond acceptors (Lipinski definition) is 6. The number of halogens is 6. The molecule has 0 spiro atoms. The number of anilines is 1. The topological polar surface area (TPSA) is 95.8 Å². The molecular weight excluding hydrogens is 476 g/mol. The Kier molecular flexibility index (Phi) is 5.44. The van der Waals surface area contributed by atoms with Gasteiger partial charge in [-0.1, -0.05) is 0 Å². The van der Waals surface area contributed by atoms with Crippen LogP contribution in [0.25, 0.3) is 21.3 Å². The first-order valence-electron chi connectivity index (χ1n) is 9.09. The Morgan fingerprint density at radius 3 is 2.58 bits per heavy atom.